The second-order valence-electron chi connectivity index (χ2n) is 7.60. The molecule has 5 nitrogen and oxygen atoms in total. The van der Waals surface area contributed by atoms with Crippen LogP contribution in [0.15, 0.2) is 48.5 Å². The van der Waals surface area contributed by atoms with Gasteiger partial charge in [-0.2, -0.15) is 0 Å². The number of nitrogens with zero attached hydrogens (tertiary/aromatic N) is 3. The maximum atomic E-state index is 13.0. The molecule has 1 aromatic heterocycles. The molecule has 1 aliphatic heterocycles. The summed E-state index contributed by atoms with van der Waals surface area (Å²) in [5, 5.41) is 0. The van der Waals surface area contributed by atoms with Crippen LogP contribution in [0.1, 0.15) is 54.8 Å². The van der Waals surface area contributed by atoms with Crippen molar-refractivity contribution in [3.05, 3.63) is 59.9 Å². The van der Waals surface area contributed by atoms with E-state index in [1.165, 1.54) is 5.52 Å². The smallest absolute Gasteiger partial charge is 0.255 e. The highest BCUT2D eigenvalue weighted by atomic mass is 16.2. The molecule has 4 rings (SSSR count). The number of benzene rings is 2. The Bertz CT molecular complexity index is 975. The summed E-state index contributed by atoms with van der Waals surface area (Å²) in [6.45, 7) is 5.83. The molecule has 1 saturated heterocycles. The number of imidazole rings is 1. The number of carbonyl (C=O) groups excluding carboxylic acids is 1. The minimum absolute atomic E-state index is 0.0185. The summed E-state index contributed by atoms with van der Waals surface area (Å²) in [5.74, 6) is 1.34. The zero-order valence-electron chi connectivity index (χ0n) is 15.9. The van der Waals surface area contributed by atoms with Crippen molar-refractivity contribution in [2.75, 3.05) is 18.8 Å². The number of piperidine rings is 1. The van der Waals surface area contributed by atoms with E-state index in [1.54, 1.807) is 6.07 Å². The van der Waals surface area contributed by atoms with E-state index < -0.39 is 0 Å². The molecule has 140 valence electrons. The van der Waals surface area contributed by atoms with Crippen LogP contribution in [-0.2, 0) is 0 Å². The number of para-hydroxylation sites is 3. The summed E-state index contributed by atoms with van der Waals surface area (Å²) < 4.78 is 2.32. The quantitative estimate of drug-likeness (QED) is 0.710. The number of aromatic nitrogens is 2. The van der Waals surface area contributed by atoms with Gasteiger partial charge in [0.25, 0.3) is 5.91 Å². The normalized spacial score (nSPS) is 17.6. The van der Waals surface area contributed by atoms with Crippen LogP contribution in [-0.4, -0.2) is 33.4 Å². The van der Waals surface area contributed by atoms with E-state index in [9.17, 15) is 4.79 Å². The molecule has 0 spiro atoms. The number of rotatable bonds is 3. The largest absolute Gasteiger partial charge is 0.398 e. The summed E-state index contributed by atoms with van der Waals surface area (Å²) in [5.41, 5.74) is 9.35. The van der Waals surface area contributed by atoms with Crippen molar-refractivity contribution in [1.29, 1.82) is 0 Å². The average Bonchev–Trinajstić information content (AvgIpc) is 3.08. The molecule has 5 heteroatoms. The van der Waals surface area contributed by atoms with Gasteiger partial charge in [-0.1, -0.05) is 24.3 Å². The highest BCUT2D eigenvalue weighted by Crippen LogP contribution is 2.32. The predicted molar refractivity (Wildman–Crippen MR) is 109 cm³/mol. The zero-order chi connectivity index (χ0) is 19.0. The number of hydrogen-bond acceptors (Lipinski definition) is 3. The Morgan fingerprint density at radius 3 is 2.67 bits per heavy atom. The van der Waals surface area contributed by atoms with Crippen molar-refractivity contribution in [2.24, 2.45) is 0 Å². The number of anilines is 1. The van der Waals surface area contributed by atoms with Gasteiger partial charge in [0.2, 0.25) is 0 Å². The lowest BCUT2D eigenvalue weighted by molar-refractivity contribution is 0.0704. The molecule has 0 aliphatic carbocycles. The Labute approximate surface area is 159 Å². The van der Waals surface area contributed by atoms with Gasteiger partial charge in [-0.3, -0.25) is 4.79 Å². The first-order valence-electron chi connectivity index (χ1n) is 9.67. The van der Waals surface area contributed by atoms with Gasteiger partial charge in [-0.15, -0.1) is 0 Å². The van der Waals surface area contributed by atoms with Gasteiger partial charge in [0.05, 0.1) is 16.6 Å². The summed E-state index contributed by atoms with van der Waals surface area (Å²) in [4.78, 5) is 19.9. The number of hydrogen-bond donors (Lipinski definition) is 1. The van der Waals surface area contributed by atoms with Crippen molar-refractivity contribution >= 4 is 22.6 Å². The third-order valence-corrected chi connectivity index (χ3v) is 5.40. The van der Waals surface area contributed by atoms with Crippen LogP contribution in [0.5, 0.6) is 0 Å². The maximum absolute atomic E-state index is 13.0. The zero-order valence-corrected chi connectivity index (χ0v) is 15.9. The molecule has 1 amide bonds. The fourth-order valence-corrected chi connectivity index (χ4v) is 4.13. The summed E-state index contributed by atoms with van der Waals surface area (Å²) in [6.07, 6.45) is 2.02. The molecule has 0 saturated carbocycles. The minimum atomic E-state index is 0.0185. The Morgan fingerprint density at radius 1 is 1.15 bits per heavy atom. The van der Waals surface area contributed by atoms with Gasteiger partial charge in [0, 0.05) is 30.7 Å². The van der Waals surface area contributed by atoms with Crippen LogP contribution in [0, 0.1) is 0 Å². The van der Waals surface area contributed by atoms with E-state index >= 15 is 0 Å². The van der Waals surface area contributed by atoms with Crippen molar-refractivity contribution in [2.45, 2.75) is 38.6 Å². The van der Waals surface area contributed by atoms with E-state index in [2.05, 4.69) is 36.6 Å². The first-order valence-corrected chi connectivity index (χ1v) is 9.67. The number of carbonyl (C=O) groups is 1. The standard InChI is InChI=1S/C22H26N4O/c1-15(2)26-20-12-6-5-11-19(20)24-21(26)16-8-7-13-25(14-16)22(27)17-9-3-4-10-18(17)23/h3-6,9-12,15-16H,7-8,13-14,23H2,1-2H3/t16-/m1/s1. The fourth-order valence-electron chi connectivity index (χ4n) is 4.13. The number of nitrogens with two attached hydrogens (primary N) is 1. The minimum Gasteiger partial charge on any atom is -0.398 e. The molecule has 0 unspecified atom stereocenters. The van der Waals surface area contributed by atoms with Gasteiger partial charge < -0.3 is 15.2 Å². The van der Waals surface area contributed by atoms with Crippen LogP contribution in [0.3, 0.4) is 0 Å². The van der Waals surface area contributed by atoms with Crippen LogP contribution in [0.4, 0.5) is 5.69 Å². The first-order chi connectivity index (χ1) is 13.1. The monoisotopic (exact) mass is 362 g/mol. The number of nitrogen functional groups attached to an aromatic ring is 1. The molecule has 1 fully saturated rings. The van der Waals surface area contributed by atoms with E-state index in [0.717, 1.165) is 30.7 Å². The lowest BCUT2D eigenvalue weighted by Crippen LogP contribution is -2.40. The second kappa shape index (κ2) is 7.06. The molecule has 2 N–H and O–H groups in total. The molecule has 1 aliphatic rings. The Morgan fingerprint density at radius 2 is 1.89 bits per heavy atom. The van der Waals surface area contributed by atoms with Gasteiger partial charge in [0.15, 0.2) is 0 Å². The molecule has 0 bridgehead atoms. The van der Waals surface area contributed by atoms with Crippen LogP contribution in [0.25, 0.3) is 11.0 Å². The highest BCUT2D eigenvalue weighted by Gasteiger charge is 2.30. The summed E-state index contributed by atoms with van der Waals surface area (Å²) >= 11 is 0. The first kappa shape index (κ1) is 17.6. The lowest BCUT2D eigenvalue weighted by Gasteiger charge is -2.33. The molecular weight excluding hydrogens is 336 g/mol. The Balaban J connectivity index is 1.66. The maximum Gasteiger partial charge on any atom is 0.255 e. The van der Waals surface area contributed by atoms with Crippen molar-refractivity contribution in [1.82, 2.24) is 14.5 Å². The summed E-state index contributed by atoms with van der Waals surface area (Å²) in [7, 11) is 0. The van der Waals surface area contributed by atoms with Gasteiger partial charge >= 0.3 is 0 Å². The lowest BCUT2D eigenvalue weighted by atomic mass is 9.96. The molecular formula is C22H26N4O. The van der Waals surface area contributed by atoms with Crippen molar-refractivity contribution in [3.63, 3.8) is 0 Å². The van der Waals surface area contributed by atoms with Gasteiger partial charge in [-0.25, -0.2) is 4.98 Å². The molecule has 0 radical (unpaired) electrons. The van der Waals surface area contributed by atoms with Gasteiger partial charge in [0.1, 0.15) is 5.82 Å². The summed E-state index contributed by atoms with van der Waals surface area (Å²) in [6, 6.07) is 15.9. The number of amides is 1. The van der Waals surface area contributed by atoms with Crippen molar-refractivity contribution in [3.8, 4) is 0 Å². The predicted octanol–water partition coefficient (Wildman–Crippen LogP) is 4.22. The Hall–Kier alpha value is -2.82. The van der Waals surface area contributed by atoms with E-state index in [0.29, 0.717) is 23.8 Å². The molecule has 2 heterocycles. The molecule has 2 aromatic carbocycles. The molecule has 27 heavy (non-hydrogen) atoms. The van der Waals surface area contributed by atoms with Crippen LogP contribution >= 0.6 is 0 Å². The van der Waals surface area contributed by atoms with Crippen LogP contribution < -0.4 is 5.73 Å². The van der Waals surface area contributed by atoms with E-state index in [4.69, 9.17) is 10.7 Å². The second-order valence-corrected chi connectivity index (χ2v) is 7.60. The average molecular weight is 362 g/mol. The van der Waals surface area contributed by atoms with Gasteiger partial charge in [-0.05, 0) is 51.0 Å². The van der Waals surface area contributed by atoms with E-state index in [-0.39, 0.29) is 11.8 Å². The number of fused-ring (bicyclic) bond motifs is 1. The SMILES string of the molecule is CC(C)n1c([C@@H]2CCCN(C(=O)c3ccccc3N)C2)nc2ccccc21. The topological polar surface area (TPSA) is 64.2 Å². The highest BCUT2D eigenvalue weighted by molar-refractivity contribution is 5.99. The molecule has 1 atom stereocenters. The molecule has 3 aromatic rings. The fraction of sp³-hybridized carbons (Fsp3) is 0.364. The van der Waals surface area contributed by atoms with Crippen LogP contribution in [0.2, 0.25) is 0 Å². The van der Waals surface area contributed by atoms with E-state index in [1.807, 2.05) is 29.2 Å². The van der Waals surface area contributed by atoms with Crippen molar-refractivity contribution < 1.29 is 4.79 Å². The number of likely N-dealkylation sites (tertiary alicyclic amines) is 1. The third kappa shape index (κ3) is 3.18. The third-order valence-electron chi connectivity index (χ3n) is 5.40. The Kier molecular flexibility index (Phi) is 4.60.